The molecule has 2 aliphatic heterocycles. The predicted octanol–water partition coefficient (Wildman–Crippen LogP) is 4.43. The number of hydrogen-bond donors (Lipinski definition) is 3. The van der Waals surface area contributed by atoms with Crippen LogP contribution < -0.4 is 0 Å². The van der Waals surface area contributed by atoms with Crippen molar-refractivity contribution in [3.8, 4) is 0 Å². The van der Waals surface area contributed by atoms with Crippen LogP contribution in [0.25, 0.3) is 0 Å². The summed E-state index contributed by atoms with van der Waals surface area (Å²) in [6.07, 6.45) is 13.1. The molecule has 0 amide bonds. The van der Waals surface area contributed by atoms with Crippen LogP contribution in [0.2, 0.25) is 0 Å². The highest BCUT2D eigenvalue weighted by atomic mass is 16.7. The first kappa shape index (κ1) is 22.3. The van der Waals surface area contributed by atoms with Crippen LogP contribution in [0.3, 0.4) is 0 Å². The topological polar surface area (TPSA) is 79.2 Å². The first-order valence-electron chi connectivity index (χ1n) is 13.6. The summed E-state index contributed by atoms with van der Waals surface area (Å²) >= 11 is 0. The van der Waals surface area contributed by atoms with Crippen molar-refractivity contribution in [3.63, 3.8) is 0 Å². The van der Waals surface area contributed by atoms with Crippen LogP contribution >= 0.6 is 0 Å². The molecule has 4 saturated carbocycles. The van der Waals surface area contributed by atoms with E-state index in [4.69, 9.17) is 9.47 Å². The van der Waals surface area contributed by atoms with Gasteiger partial charge in [-0.2, -0.15) is 0 Å². The summed E-state index contributed by atoms with van der Waals surface area (Å²) in [5.41, 5.74) is 0.447. The SMILES string of the molecule is CC1CC[C@@]2(OC1)O[C@H]1C[C@H]3[C@@H]4CCC5CCCC[C@]5(C)[C@H]4CC[C@]3(C)[C@H]1[C@@H]2C(O)(O)O. The van der Waals surface area contributed by atoms with Crippen LogP contribution in [0.1, 0.15) is 91.4 Å². The zero-order chi connectivity index (χ0) is 22.5. The van der Waals surface area contributed by atoms with E-state index in [-0.39, 0.29) is 17.4 Å². The van der Waals surface area contributed by atoms with Crippen molar-refractivity contribution in [1.82, 2.24) is 0 Å². The Morgan fingerprint density at radius 2 is 1.66 bits per heavy atom. The average Bonchev–Trinajstić information content (AvgIpc) is 3.20. The van der Waals surface area contributed by atoms with E-state index in [0.29, 0.717) is 36.2 Å². The van der Waals surface area contributed by atoms with E-state index in [2.05, 4.69) is 20.8 Å². The molecular weight excluding hydrogens is 404 g/mol. The molecular formula is C27H44O5. The summed E-state index contributed by atoms with van der Waals surface area (Å²) < 4.78 is 12.9. The highest BCUT2D eigenvalue weighted by Crippen LogP contribution is 2.72. The smallest absolute Gasteiger partial charge is 0.284 e. The standard InChI is InChI=1S/C27H44O5/c1-16-9-13-26(31-15-16)23(27(28,29)30)22-21(32-26)14-20-18-8-7-17-6-4-5-11-24(17,2)19(18)10-12-25(20,22)3/h16-23,28-30H,4-15H2,1-3H3/t16?,17?,18-,19+,20+,21+,22-,23+,24+,25+,26-/m1/s1. The zero-order valence-electron chi connectivity index (χ0n) is 20.3. The van der Waals surface area contributed by atoms with Gasteiger partial charge in [-0.3, -0.25) is 0 Å². The second-order valence-corrected chi connectivity index (χ2v) is 13.3. The van der Waals surface area contributed by atoms with Crippen molar-refractivity contribution in [1.29, 1.82) is 0 Å². The van der Waals surface area contributed by atoms with Crippen molar-refractivity contribution >= 4 is 0 Å². The van der Waals surface area contributed by atoms with Crippen LogP contribution in [0.4, 0.5) is 0 Å². The molecule has 3 N–H and O–H groups in total. The molecule has 2 unspecified atom stereocenters. The molecule has 32 heavy (non-hydrogen) atoms. The lowest BCUT2D eigenvalue weighted by atomic mass is 9.44. The molecule has 6 rings (SSSR count). The molecule has 11 atom stereocenters. The molecule has 5 heteroatoms. The number of fused-ring (bicyclic) bond motifs is 7. The maximum Gasteiger partial charge on any atom is 0.284 e. The fraction of sp³-hybridized carbons (Fsp3) is 1.00. The van der Waals surface area contributed by atoms with Gasteiger partial charge in [0, 0.05) is 12.3 Å². The van der Waals surface area contributed by atoms with Crippen molar-refractivity contribution < 1.29 is 24.8 Å². The molecule has 182 valence electrons. The first-order valence-corrected chi connectivity index (χ1v) is 13.6. The molecule has 1 spiro atoms. The summed E-state index contributed by atoms with van der Waals surface area (Å²) in [5.74, 6) is -1.34. The van der Waals surface area contributed by atoms with Gasteiger partial charge in [-0.05, 0) is 91.8 Å². The van der Waals surface area contributed by atoms with Gasteiger partial charge in [0.25, 0.3) is 5.97 Å². The summed E-state index contributed by atoms with van der Waals surface area (Å²) in [6.45, 7) is 7.68. The fourth-order valence-electron chi connectivity index (χ4n) is 10.4. The monoisotopic (exact) mass is 448 g/mol. The summed E-state index contributed by atoms with van der Waals surface area (Å²) in [4.78, 5) is 0. The van der Waals surface area contributed by atoms with Crippen LogP contribution in [0.15, 0.2) is 0 Å². The Labute approximate surface area is 193 Å². The fourth-order valence-corrected chi connectivity index (χ4v) is 10.4. The molecule has 0 aromatic heterocycles. The highest BCUT2D eigenvalue weighted by molar-refractivity contribution is 5.16. The van der Waals surface area contributed by atoms with Crippen molar-refractivity contribution in [2.45, 2.75) is 109 Å². The van der Waals surface area contributed by atoms with E-state index in [1.807, 2.05) is 0 Å². The lowest BCUT2D eigenvalue weighted by Crippen LogP contribution is -2.59. The molecule has 0 aromatic carbocycles. The van der Waals surface area contributed by atoms with Crippen LogP contribution in [-0.4, -0.2) is 39.8 Å². The normalized spacial score (nSPS) is 57.6. The Hall–Kier alpha value is -0.200. The Balaban J connectivity index is 1.33. The van der Waals surface area contributed by atoms with Crippen molar-refractivity contribution in [2.24, 2.45) is 52.3 Å². The third kappa shape index (κ3) is 2.93. The Morgan fingerprint density at radius 3 is 2.38 bits per heavy atom. The summed E-state index contributed by atoms with van der Waals surface area (Å²) in [7, 11) is 0. The molecule has 6 aliphatic rings. The predicted molar refractivity (Wildman–Crippen MR) is 120 cm³/mol. The Morgan fingerprint density at radius 1 is 0.844 bits per heavy atom. The molecule has 0 aromatic rings. The van der Waals surface area contributed by atoms with Gasteiger partial charge in [0.2, 0.25) is 0 Å². The third-order valence-electron chi connectivity index (χ3n) is 11.9. The molecule has 0 bridgehead atoms. The zero-order valence-corrected chi connectivity index (χ0v) is 20.3. The van der Waals surface area contributed by atoms with E-state index in [1.165, 1.54) is 44.9 Å². The minimum atomic E-state index is -2.78. The molecule has 2 saturated heterocycles. The van der Waals surface area contributed by atoms with Gasteiger partial charge in [0.05, 0.1) is 12.7 Å². The van der Waals surface area contributed by atoms with Gasteiger partial charge in [-0.1, -0.05) is 33.6 Å². The highest BCUT2D eigenvalue weighted by Gasteiger charge is 2.73. The molecule has 5 nitrogen and oxygen atoms in total. The summed E-state index contributed by atoms with van der Waals surface area (Å²) in [5, 5.41) is 31.9. The van der Waals surface area contributed by atoms with Gasteiger partial charge in [0.1, 0.15) is 5.92 Å². The average molecular weight is 449 g/mol. The lowest BCUT2D eigenvalue weighted by molar-refractivity contribution is -0.401. The quantitative estimate of drug-likeness (QED) is 0.517. The number of hydrogen-bond acceptors (Lipinski definition) is 5. The maximum atomic E-state index is 10.6. The van der Waals surface area contributed by atoms with Gasteiger partial charge in [-0.15, -0.1) is 0 Å². The van der Waals surface area contributed by atoms with Crippen LogP contribution in [-0.2, 0) is 9.47 Å². The lowest BCUT2D eigenvalue weighted by Gasteiger charge is -2.61. The molecule has 4 aliphatic carbocycles. The van der Waals surface area contributed by atoms with Crippen molar-refractivity contribution in [2.75, 3.05) is 6.61 Å². The van der Waals surface area contributed by atoms with Gasteiger partial charge in [0.15, 0.2) is 5.79 Å². The van der Waals surface area contributed by atoms with Gasteiger partial charge >= 0.3 is 0 Å². The third-order valence-corrected chi connectivity index (χ3v) is 11.9. The molecule has 6 fully saturated rings. The van der Waals surface area contributed by atoms with E-state index >= 15 is 0 Å². The van der Waals surface area contributed by atoms with Crippen molar-refractivity contribution in [3.05, 3.63) is 0 Å². The Kier molecular flexibility index (Phi) is 4.99. The second kappa shape index (κ2) is 7.16. The summed E-state index contributed by atoms with van der Waals surface area (Å²) in [6, 6.07) is 0. The number of rotatable bonds is 1. The van der Waals surface area contributed by atoms with Crippen LogP contribution in [0, 0.1) is 52.3 Å². The molecule has 0 radical (unpaired) electrons. The van der Waals surface area contributed by atoms with Crippen LogP contribution in [0.5, 0.6) is 0 Å². The number of aliphatic hydroxyl groups is 3. The molecule has 2 heterocycles. The first-order chi connectivity index (χ1) is 15.1. The largest absolute Gasteiger partial charge is 0.349 e. The minimum Gasteiger partial charge on any atom is -0.349 e. The van der Waals surface area contributed by atoms with Gasteiger partial charge < -0.3 is 24.8 Å². The van der Waals surface area contributed by atoms with E-state index in [0.717, 1.165) is 31.1 Å². The number of ether oxygens (including phenoxy) is 2. The maximum absolute atomic E-state index is 10.6. The van der Waals surface area contributed by atoms with E-state index in [9.17, 15) is 15.3 Å². The van der Waals surface area contributed by atoms with E-state index < -0.39 is 17.7 Å². The minimum absolute atomic E-state index is 0.0380. The van der Waals surface area contributed by atoms with Gasteiger partial charge in [-0.25, -0.2) is 0 Å². The van der Waals surface area contributed by atoms with E-state index in [1.54, 1.807) is 0 Å². The Bertz CT molecular complexity index is 739. The second-order valence-electron chi connectivity index (χ2n) is 13.3.